The molecule has 0 aromatic heterocycles. The van der Waals surface area contributed by atoms with Crippen molar-refractivity contribution in [2.75, 3.05) is 13.2 Å². The molecule has 3 rings (SSSR count). The molecule has 1 atom stereocenters. The predicted molar refractivity (Wildman–Crippen MR) is 116 cm³/mol. The molecule has 2 N–H and O–H groups in total. The number of benzene rings is 3. The number of ether oxygens (including phenoxy) is 2. The SMILES string of the molecule is CCOc1cc(CNC[C@H](O)c2ccccc2)ccc1OCc1cccc(C)c1. The van der Waals surface area contributed by atoms with Gasteiger partial charge in [-0.3, -0.25) is 0 Å². The molecule has 0 spiro atoms. The third kappa shape index (κ3) is 6.34. The first-order chi connectivity index (χ1) is 14.2. The number of hydrogen-bond donors (Lipinski definition) is 2. The molecule has 4 nitrogen and oxygen atoms in total. The zero-order chi connectivity index (χ0) is 20.5. The van der Waals surface area contributed by atoms with Gasteiger partial charge in [0.25, 0.3) is 0 Å². The summed E-state index contributed by atoms with van der Waals surface area (Å²) in [5, 5.41) is 13.6. The van der Waals surface area contributed by atoms with E-state index >= 15 is 0 Å². The number of aliphatic hydroxyl groups excluding tert-OH is 1. The fourth-order valence-corrected chi connectivity index (χ4v) is 3.16. The Labute approximate surface area is 173 Å². The van der Waals surface area contributed by atoms with Crippen molar-refractivity contribution in [3.05, 3.63) is 95.1 Å². The molecule has 29 heavy (non-hydrogen) atoms. The summed E-state index contributed by atoms with van der Waals surface area (Å²) in [6.45, 7) is 6.24. The Kier molecular flexibility index (Phi) is 7.68. The van der Waals surface area contributed by atoms with Crippen LogP contribution < -0.4 is 14.8 Å². The van der Waals surface area contributed by atoms with E-state index in [1.165, 1.54) is 5.56 Å². The topological polar surface area (TPSA) is 50.7 Å². The largest absolute Gasteiger partial charge is 0.490 e. The maximum Gasteiger partial charge on any atom is 0.161 e. The van der Waals surface area contributed by atoms with Gasteiger partial charge in [-0.15, -0.1) is 0 Å². The van der Waals surface area contributed by atoms with Crippen LogP contribution in [0.3, 0.4) is 0 Å². The molecule has 3 aromatic carbocycles. The van der Waals surface area contributed by atoms with Gasteiger partial charge in [0.2, 0.25) is 0 Å². The van der Waals surface area contributed by atoms with Crippen molar-refractivity contribution in [1.29, 1.82) is 0 Å². The predicted octanol–water partition coefficient (Wildman–Crippen LogP) is 4.80. The third-order valence-electron chi connectivity index (χ3n) is 4.64. The van der Waals surface area contributed by atoms with Gasteiger partial charge in [-0.25, -0.2) is 0 Å². The first-order valence-corrected chi connectivity index (χ1v) is 10.0. The lowest BCUT2D eigenvalue weighted by Gasteiger charge is -2.15. The second-order valence-corrected chi connectivity index (χ2v) is 7.05. The summed E-state index contributed by atoms with van der Waals surface area (Å²) >= 11 is 0. The Balaban J connectivity index is 1.58. The van der Waals surface area contributed by atoms with E-state index in [1.807, 2.05) is 61.5 Å². The molecular formula is C25H29NO3. The lowest BCUT2D eigenvalue weighted by Crippen LogP contribution is -2.21. The zero-order valence-electron chi connectivity index (χ0n) is 17.1. The van der Waals surface area contributed by atoms with Crippen LogP contribution in [0.4, 0.5) is 0 Å². The second kappa shape index (κ2) is 10.6. The van der Waals surface area contributed by atoms with E-state index in [1.54, 1.807) is 0 Å². The van der Waals surface area contributed by atoms with Gasteiger partial charge in [0, 0.05) is 13.1 Å². The van der Waals surface area contributed by atoms with Crippen LogP contribution in [0, 0.1) is 6.92 Å². The van der Waals surface area contributed by atoms with E-state index in [9.17, 15) is 5.11 Å². The van der Waals surface area contributed by atoms with Crippen molar-refractivity contribution in [3.8, 4) is 11.5 Å². The van der Waals surface area contributed by atoms with Gasteiger partial charge >= 0.3 is 0 Å². The van der Waals surface area contributed by atoms with Crippen molar-refractivity contribution in [1.82, 2.24) is 5.32 Å². The van der Waals surface area contributed by atoms with Crippen LogP contribution in [-0.2, 0) is 13.2 Å². The molecule has 0 aliphatic rings. The van der Waals surface area contributed by atoms with Crippen LogP contribution in [0.25, 0.3) is 0 Å². The summed E-state index contributed by atoms with van der Waals surface area (Å²) in [6.07, 6.45) is -0.528. The molecule has 0 saturated carbocycles. The van der Waals surface area contributed by atoms with Gasteiger partial charge < -0.3 is 19.9 Å². The Morgan fingerprint density at radius 3 is 2.45 bits per heavy atom. The van der Waals surface area contributed by atoms with Gasteiger partial charge in [-0.1, -0.05) is 66.2 Å². The minimum atomic E-state index is -0.528. The number of hydrogen-bond acceptors (Lipinski definition) is 4. The fourth-order valence-electron chi connectivity index (χ4n) is 3.16. The second-order valence-electron chi connectivity index (χ2n) is 7.05. The molecular weight excluding hydrogens is 362 g/mol. The molecule has 0 bridgehead atoms. The maximum absolute atomic E-state index is 10.3. The van der Waals surface area contributed by atoms with E-state index in [0.29, 0.717) is 26.3 Å². The Morgan fingerprint density at radius 1 is 0.862 bits per heavy atom. The highest BCUT2D eigenvalue weighted by atomic mass is 16.5. The number of aliphatic hydroxyl groups is 1. The molecule has 152 valence electrons. The number of aryl methyl sites for hydroxylation is 1. The van der Waals surface area contributed by atoms with Crippen LogP contribution in [0.5, 0.6) is 11.5 Å². The summed E-state index contributed by atoms with van der Waals surface area (Å²) in [4.78, 5) is 0. The van der Waals surface area contributed by atoms with Crippen LogP contribution in [0.2, 0.25) is 0 Å². The van der Waals surface area contributed by atoms with Gasteiger partial charge in [-0.05, 0) is 42.7 Å². The Morgan fingerprint density at radius 2 is 1.69 bits per heavy atom. The van der Waals surface area contributed by atoms with Crippen LogP contribution in [0.1, 0.15) is 35.3 Å². The highest BCUT2D eigenvalue weighted by molar-refractivity contribution is 5.43. The van der Waals surface area contributed by atoms with Crippen LogP contribution in [-0.4, -0.2) is 18.3 Å². The average molecular weight is 392 g/mol. The highest BCUT2D eigenvalue weighted by Crippen LogP contribution is 2.29. The van der Waals surface area contributed by atoms with Gasteiger partial charge in [0.1, 0.15) is 6.61 Å². The van der Waals surface area contributed by atoms with Gasteiger partial charge in [0.05, 0.1) is 12.7 Å². The van der Waals surface area contributed by atoms with Gasteiger partial charge in [0.15, 0.2) is 11.5 Å². The molecule has 4 heteroatoms. The summed E-state index contributed by atoms with van der Waals surface area (Å²) < 4.78 is 11.8. The van der Waals surface area contributed by atoms with E-state index < -0.39 is 6.10 Å². The smallest absolute Gasteiger partial charge is 0.161 e. The first kappa shape index (κ1) is 20.9. The van der Waals surface area contributed by atoms with Gasteiger partial charge in [-0.2, -0.15) is 0 Å². The zero-order valence-corrected chi connectivity index (χ0v) is 17.1. The summed E-state index contributed by atoms with van der Waals surface area (Å²) in [5.41, 5.74) is 4.34. The maximum atomic E-state index is 10.3. The lowest BCUT2D eigenvalue weighted by atomic mass is 10.1. The van der Waals surface area contributed by atoms with Crippen molar-refractivity contribution in [2.45, 2.75) is 33.1 Å². The van der Waals surface area contributed by atoms with Crippen molar-refractivity contribution in [3.63, 3.8) is 0 Å². The monoisotopic (exact) mass is 391 g/mol. The minimum absolute atomic E-state index is 0.486. The Bertz CT molecular complexity index is 896. The molecule has 0 saturated heterocycles. The Hall–Kier alpha value is -2.82. The average Bonchev–Trinajstić information content (AvgIpc) is 2.74. The molecule has 0 radical (unpaired) electrons. The molecule has 0 fully saturated rings. The van der Waals surface area contributed by atoms with E-state index in [0.717, 1.165) is 28.2 Å². The minimum Gasteiger partial charge on any atom is -0.490 e. The third-order valence-corrected chi connectivity index (χ3v) is 4.64. The fraction of sp³-hybridized carbons (Fsp3) is 0.280. The molecule has 3 aromatic rings. The summed E-state index contributed by atoms with van der Waals surface area (Å²) in [6, 6.07) is 23.9. The van der Waals surface area contributed by atoms with Crippen LogP contribution >= 0.6 is 0 Å². The van der Waals surface area contributed by atoms with Crippen molar-refractivity contribution < 1.29 is 14.6 Å². The number of nitrogens with one attached hydrogen (secondary N) is 1. The molecule has 0 amide bonds. The van der Waals surface area contributed by atoms with Crippen LogP contribution in [0.15, 0.2) is 72.8 Å². The summed E-state index contributed by atoms with van der Waals surface area (Å²) in [7, 11) is 0. The molecule has 0 heterocycles. The number of rotatable bonds is 10. The lowest BCUT2D eigenvalue weighted by molar-refractivity contribution is 0.174. The molecule has 0 unspecified atom stereocenters. The van der Waals surface area contributed by atoms with E-state index in [-0.39, 0.29) is 0 Å². The van der Waals surface area contributed by atoms with E-state index in [2.05, 4.69) is 30.4 Å². The quantitative estimate of drug-likeness (QED) is 0.521. The standard InChI is InChI=1S/C25H29NO3/c1-3-28-25-15-20(16-26-17-23(27)22-10-5-4-6-11-22)12-13-24(25)29-18-21-9-7-8-19(2)14-21/h4-15,23,26-27H,3,16-18H2,1-2H3/t23-/m0/s1. The molecule has 0 aliphatic heterocycles. The van der Waals surface area contributed by atoms with E-state index in [4.69, 9.17) is 9.47 Å². The van der Waals surface area contributed by atoms with Crippen molar-refractivity contribution >= 4 is 0 Å². The molecule has 0 aliphatic carbocycles. The highest BCUT2D eigenvalue weighted by Gasteiger charge is 2.09. The first-order valence-electron chi connectivity index (χ1n) is 10.0. The summed E-state index contributed by atoms with van der Waals surface area (Å²) in [5.74, 6) is 1.48. The normalized spacial score (nSPS) is 11.8. The van der Waals surface area contributed by atoms with Crippen molar-refractivity contribution in [2.24, 2.45) is 0 Å².